The molecule has 13 heavy (non-hydrogen) atoms. The lowest BCUT2D eigenvalue weighted by Gasteiger charge is -2.21. The number of hydrogen-bond donors (Lipinski definition) is 1. The normalized spacial score (nSPS) is 27.4. The van der Waals surface area contributed by atoms with Crippen LogP contribution in [0.15, 0.2) is 0 Å². The van der Waals surface area contributed by atoms with Gasteiger partial charge in [0, 0.05) is 24.9 Å². The van der Waals surface area contributed by atoms with Crippen LogP contribution in [0, 0.1) is 16.7 Å². The third-order valence-electron chi connectivity index (χ3n) is 2.73. The number of unbranched alkanes of at least 4 members (excludes halogenated alkanes) is 1. The molecular weight excluding hydrogens is 164 g/mol. The van der Waals surface area contributed by atoms with Gasteiger partial charge in [0.25, 0.3) is 0 Å². The van der Waals surface area contributed by atoms with Crippen LogP contribution in [0.4, 0.5) is 0 Å². The molecule has 3 heteroatoms. The summed E-state index contributed by atoms with van der Waals surface area (Å²) < 4.78 is 0. The molecule has 0 aromatic rings. The van der Waals surface area contributed by atoms with Gasteiger partial charge in [-0.15, -0.1) is 0 Å². The molecule has 74 valence electrons. The van der Waals surface area contributed by atoms with Crippen molar-refractivity contribution < 1.29 is 5.11 Å². The average molecular weight is 182 g/mol. The van der Waals surface area contributed by atoms with Gasteiger partial charge in [0.15, 0.2) is 0 Å². The minimum absolute atomic E-state index is 0.0205. The van der Waals surface area contributed by atoms with Crippen molar-refractivity contribution in [1.82, 2.24) is 4.90 Å². The number of rotatable bonds is 3. The first-order valence-electron chi connectivity index (χ1n) is 4.83. The van der Waals surface area contributed by atoms with Crippen LogP contribution in [0.5, 0.6) is 0 Å². The van der Waals surface area contributed by atoms with Crippen LogP contribution in [0.2, 0.25) is 0 Å². The van der Waals surface area contributed by atoms with Gasteiger partial charge in [-0.3, -0.25) is 0 Å². The van der Waals surface area contributed by atoms with E-state index in [-0.39, 0.29) is 11.5 Å². The Morgan fingerprint density at radius 3 is 2.77 bits per heavy atom. The van der Waals surface area contributed by atoms with Crippen molar-refractivity contribution in [2.45, 2.75) is 32.8 Å². The van der Waals surface area contributed by atoms with Gasteiger partial charge in [-0.1, -0.05) is 13.8 Å². The quantitative estimate of drug-likeness (QED) is 0.662. The summed E-state index contributed by atoms with van der Waals surface area (Å²) in [5, 5.41) is 18.1. The Bertz CT molecular complexity index is 207. The van der Waals surface area contributed by atoms with Crippen molar-refractivity contribution in [3.8, 4) is 6.07 Å². The lowest BCUT2D eigenvalue weighted by Crippen LogP contribution is -2.26. The van der Waals surface area contributed by atoms with Gasteiger partial charge in [-0.2, -0.15) is 5.26 Å². The summed E-state index contributed by atoms with van der Waals surface area (Å²) in [5.41, 5.74) is 0.0205. The Labute approximate surface area is 80.0 Å². The third-order valence-corrected chi connectivity index (χ3v) is 2.73. The maximum Gasteiger partial charge on any atom is 0.0730 e. The highest BCUT2D eigenvalue weighted by atomic mass is 16.3. The summed E-state index contributed by atoms with van der Waals surface area (Å²) in [6, 6.07) is 2.13. The summed E-state index contributed by atoms with van der Waals surface area (Å²) >= 11 is 0. The van der Waals surface area contributed by atoms with Gasteiger partial charge in [-0.25, -0.2) is 0 Å². The summed E-state index contributed by atoms with van der Waals surface area (Å²) in [5.74, 6) is 0. The lowest BCUT2D eigenvalue weighted by atomic mass is 9.90. The van der Waals surface area contributed by atoms with Gasteiger partial charge >= 0.3 is 0 Å². The van der Waals surface area contributed by atoms with Crippen molar-refractivity contribution in [3.63, 3.8) is 0 Å². The molecule has 0 aromatic heterocycles. The number of hydrogen-bond acceptors (Lipinski definition) is 3. The fraction of sp³-hybridized carbons (Fsp3) is 0.900. The molecule has 0 spiro atoms. The largest absolute Gasteiger partial charge is 0.391 e. The van der Waals surface area contributed by atoms with Gasteiger partial charge in [0.2, 0.25) is 0 Å². The van der Waals surface area contributed by atoms with Gasteiger partial charge in [0.05, 0.1) is 12.2 Å². The fourth-order valence-electron chi connectivity index (χ4n) is 1.79. The number of aliphatic hydroxyl groups excluding tert-OH is 1. The van der Waals surface area contributed by atoms with Crippen molar-refractivity contribution >= 4 is 0 Å². The van der Waals surface area contributed by atoms with Gasteiger partial charge < -0.3 is 10.0 Å². The highest BCUT2D eigenvalue weighted by molar-refractivity contribution is 4.90. The standard InChI is InChI=1S/C10H18N2O/c1-10(2)8-12(7-9(10)13)6-4-3-5-11/h9,13H,3-4,6-8H2,1-2H3. The molecule has 0 saturated carbocycles. The number of β-amino-alcohol motifs (C(OH)–C–C–N with tert-alkyl or cyclic N) is 1. The number of nitrogens with zero attached hydrogens (tertiary/aromatic N) is 2. The molecule has 1 atom stereocenters. The van der Waals surface area contributed by atoms with E-state index < -0.39 is 0 Å². The molecule has 1 fully saturated rings. The van der Waals surface area contributed by atoms with E-state index in [1.54, 1.807) is 0 Å². The molecule has 1 aliphatic rings. The summed E-state index contributed by atoms with van der Waals surface area (Å²) in [7, 11) is 0. The van der Waals surface area contributed by atoms with E-state index in [0.29, 0.717) is 6.42 Å². The molecule has 1 rings (SSSR count). The topological polar surface area (TPSA) is 47.3 Å². The first-order chi connectivity index (χ1) is 6.06. The maximum atomic E-state index is 9.68. The zero-order valence-corrected chi connectivity index (χ0v) is 8.45. The van der Waals surface area contributed by atoms with E-state index in [1.165, 1.54) is 0 Å². The van der Waals surface area contributed by atoms with Gasteiger partial charge in [0.1, 0.15) is 0 Å². The highest BCUT2D eigenvalue weighted by Crippen LogP contribution is 2.29. The summed E-state index contributed by atoms with van der Waals surface area (Å²) in [6.07, 6.45) is 1.32. The van der Waals surface area contributed by atoms with E-state index >= 15 is 0 Å². The summed E-state index contributed by atoms with van der Waals surface area (Å²) in [6.45, 7) is 6.82. The second-order valence-electron chi connectivity index (χ2n) is 4.50. The Morgan fingerprint density at radius 2 is 2.31 bits per heavy atom. The van der Waals surface area contributed by atoms with Crippen LogP contribution in [-0.4, -0.2) is 35.7 Å². The molecule has 1 N–H and O–H groups in total. The van der Waals surface area contributed by atoms with Crippen LogP contribution < -0.4 is 0 Å². The third kappa shape index (κ3) is 2.68. The van der Waals surface area contributed by atoms with Gasteiger partial charge in [-0.05, 0) is 13.0 Å². The van der Waals surface area contributed by atoms with Crippen molar-refractivity contribution in [1.29, 1.82) is 5.26 Å². The van der Waals surface area contributed by atoms with Crippen LogP contribution in [-0.2, 0) is 0 Å². The fourth-order valence-corrected chi connectivity index (χ4v) is 1.79. The Balaban J connectivity index is 2.29. The molecule has 0 aromatic carbocycles. The van der Waals surface area contributed by atoms with E-state index in [2.05, 4.69) is 24.8 Å². The minimum atomic E-state index is -0.213. The smallest absolute Gasteiger partial charge is 0.0730 e. The molecule has 0 radical (unpaired) electrons. The molecule has 0 bridgehead atoms. The maximum absolute atomic E-state index is 9.68. The second kappa shape index (κ2) is 4.08. The van der Waals surface area contributed by atoms with E-state index in [4.69, 9.17) is 5.26 Å². The molecular formula is C10H18N2O. The average Bonchev–Trinajstić information content (AvgIpc) is 2.27. The monoisotopic (exact) mass is 182 g/mol. The number of likely N-dealkylation sites (tertiary alicyclic amines) is 1. The first-order valence-corrected chi connectivity index (χ1v) is 4.83. The predicted molar refractivity (Wildman–Crippen MR) is 51.1 cm³/mol. The minimum Gasteiger partial charge on any atom is -0.391 e. The molecule has 3 nitrogen and oxygen atoms in total. The SMILES string of the molecule is CC1(C)CN(CCCC#N)CC1O. The van der Waals surface area contributed by atoms with Crippen molar-refractivity contribution in [2.24, 2.45) is 5.41 Å². The van der Waals surface area contributed by atoms with E-state index in [1.807, 2.05) is 0 Å². The second-order valence-corrected chi connectivity index (χ2v) is 4.50. The lowest BCUT2D eigenvalue weighted by molar-refractivity contribution is 0.0955. The van der Waals surface area contributed by atoms with Crippen molar-refractivity contribution in [3.05, 3.63) is 0 Å². The van der Waals surface area contributed by atoms with Crippen LogP contribution in [0.1, 0.15) is 26.7 Å². The van der Waals surface area contributed by atoms with E-state index in [9.17, 15) is 5.11 Å². The molecule has 1 aliphatic heterocycles. The Kier molecular flexibility index (Phi) is 3.29. The molecule has 1 saturated heterocycles. The summed E-state index contributed by atoms with van der Waals surface area (Å²) in [4.78, 5) is 2.24. The first kappa shape index (κ1) is 10.5. The number of nitriles is 1. The highest BCUT2D eigenvalue weighted by Gasteiger charge is 2.37. The molecule has 1 unspecified atom stereocenters. The zero-order chi connectivity index (χ0) is 9.90. The molecule has 0 amide bonds. The Hall–Kier alpha value is -0.590. The van der Waals surface area contributed by atoms with Crippen LogP contribution >= 0.6 is 0 Å². The van der Waals surface area contributed by atoms with Crippen LogP contribution in [0.25, 0.3) is 0 Å². The Morgan fingerprint density at radius 1 is 1.62 bits per heavy atom. The van der Waals surface area contributed by atoms with E-state index in [0.717, 1.165) is 26.1 Å². The predicted octanol–water partition coefficient (Wildman–Crippen LogP) is 0.993. The van der Waals surface area contributed by atoms with Crippen molar-refractivity contribution in [2.75, 3.05) is 19.6 Å². The molecule has 0 aliphatic carbocycles. The molecule has 1 heterocycles. The zero-order valence-electron chi connectivity index (χ0n) is 8.45. The number of aliphatic hydroxyl groups is 1. The van der Waals surface area contributed by atoms with Crippen LogP contribution in [0.3, 0.4) is 0 Å².